The summed E-state index contributed by atoms with van der Waals surface area (Å²) in [5, 5.41) is 9.53. The van der Waals surface area contributed by atoms with Crippen molar-refractivity contribution in [1.29, 1.82) is 0 Å². The van der Waals surface area contributed by atoms with Crippen molar-refractivity contribution in [2.75, 3.05) is 18.0 Å². The van der Waals surface area contributed by atoms with Crippen LogP contribution in [0.3, 0.4) is 0 Å². The highest BCUT2D eigenvalue weighted by atomic mass is 16.3. The maximum atomic E-state index is 9.53. The molecule has 1 N–H and O–H groups in total. The van der Waals surface area contributed by atoms with Gasteiger partial charge >= 0.3 is 0 Å². The first kappa shape index (κ1) is 18.5. The second-order valence-electron chi connectivity index (χ2n) is 7.65. The van der Waals surface area contributed by atoms with Crippen LogP contribution in [0.15, 0.2) is 54.6 Å². The third-order valence-electron chi connectivity index (χ3n) is 5.57. The minimum Gasteiger partial charge on any atom is -0.504 e. The van der Waals surface area contributed by atoms with Crippen LogP contribution in [0.4, 0.5) is 5.69 Å². The minimum absolute atomic E-state index is 0.0503. The number of aryl methyl sites for hydroxylation is 1. The fourth-order valence-electron chi connectivity index (χ4n) is 3.87. The molecule has 28 heavy (non-hydrogen) atoms. The van der Waals surface area contributed by atoms with Gasteiger partial charge in [-0.05, 0) is 55.4 Å². The number of nitrogens with zero attached hydrogens (tertiary/aromatic N) is 3. The molecule has 1 fully saturated rings. The Kier molecular flexibility index (Phi) is 5.56. The van der Waals surface area contributed by atoms with Gasteiger partial charge in [0.1, 0.15) is 12.0 Å². The number of aromatic nitrogens is 2. The highest BCUT2D eigenvalue weighted by Gasteiger charge is 2.21. The van der Waals surface area contributed by atoms with Gasteiger partial charge < -0.3 is 10.0 Å². The van der Waals surface area contributed by atoms with Gasteiger partial charge in [0.2, 0.25) is 0 Å². The lowest BCUT2D eigenvalue weighted by Gasteiger charge is -2.33. The zero-order chi connectivity index (χ0) is 19.3. The smallest absolute Gasteiger partial charge is 0.165 e. The Labute approximate surface area is 166 Å². The van der Waals surface area contributed by atoms with Crippen molar-refractivity contribution >= 4 is 5.69 Å². The lowest BCUT2D eigenvalue weighted by atomic mass is 9.92. The second kappa shape index (κ2) is 8.42. The Morgan fingerprint density at radius 3 is 2.36 bits per heavy atom. The van der Waals surface area contributed by atoms with E-state index < -0.39 is 0 Å². The molecule has 1 saturated heterocycles. The molecular weight excluding hydrogens is 346 g/mol. The third-order valence-corrected chi connectivity index (χ3v) is 5.57. The molecular formula is C24H26N3O. The summed E-state index contributed by atoms with van der Waals surface area (Å²) in [7, 11) is 0. The van der Waals surface area contributed by atoms with Gasteiger partial charge in [-0.1, -0.05) is 42.5 Å². The molecule has 1 aliphatic rings. The fourth-order valence-corrected chi connectivity index (χ4v) is 3.87. The summed E-state index contributed by atoms with van der Waals surface area (Å²) in [4.78, 5) is 11.0. The van der Waals surface area contributed by atoms with Crippen LogP contribution in [0.25, 0.3) is 0 Å². The summed E-state index contributed by atoms with van der Waals surface area (Å²) in [6, 6.07) is 19.6. The van der Waals surface area contributed by atoms with Crippen LogP contribution in [0.1, 0.15) is 35.5 Å². The van der Waals surface area contributed by atoms with Gasteiger partial charge in [0.15, 0.2) is 5.75 Å². The van der Waals surface area contributed by atoms with Gasteiger partial charge in [-0.25, -0.2) is 9.97 Å². The summed E-state index contributed by atoms with van der Waals surface area (Å²) in [6.07, 6.45) is 6.76. The molecule has 4 rings (SSSR count). The van der Waals surface area contributed by atoms with Crippen LogP contribution in [-0.2, 0) is 12.8 Å². The zero-order valence-electron chi connectivity index (χ0n) is 16.3. The number of hydrogen-bond donors (Lipinski definition) is 1. The van der Waals surface area contributed by atoms with Gasteiger partial charge in [0.25, 0.3) is 0 Å². The average molecular weight is 372 g/mol. The van der Waals surface area contributed by atoms with E-state index in [1.807, 2.05) is 0 Å². The van der Waals surface area contributed by atoms with Crippen LogP contribution in [-0.4, -0.2) is 28.2 Å². The Balaban J connectivity index is 1.31. The Hall–Kier alpha value is -2.88. The zero-order valence-corrected chi connectivity index (χ0v) is 16.3. The van der Waals surface area contributed by atoms with Crippen molar-refractivity contribution in [2.45, 2.75) is 32.6 Å². The number of benzene rings is 2. The van der Waals surface area contributed by atoms with E-state index >= 15 is 0 Å². The van der Waals surface area contributed by atoms with Crippen LogP contribution in [0, 0.1) is 19.0 Å². The normalized spacial score (nSPS) is 15.0. The molecule has 0 spiro atoms. The highest BCUT2D eigenvalue weighted by molar-refractivity contribution is 5.48. The lowest BCUT2D eigenvalue weighted by molar-refractivity contribution is 0.394. The maximum Gasteiger partial charge on any atom is 0.165 e. The predicted molar refractivity (Wildman–Crippen MR) is 112 cm³/mol. The Bertz CT molecular complexity index is 901. The van der Waals surface area contributed by atoms with Gasteiger partial charge in [0.05, 0.1) is 5.69 Å². The largest absolute Gasteiger partial charge is 0.504 e. The Morgan fingerprint density at radius 1 is 1.00 bits per heavy atom. The molecule has 0 bridgehead atoms. The van der Waals surface area contributed by atoms with Gasteiger partial charge in [-0.2, -0.15) is 0 Å². The second-order valence-corrected chi connectivity index (χ2v) is 7.65. The van der Waals surface area contributed by atoms with Crippen molar-refractivity contribution in [2.24, 2.45) is 5.92 Å². The third kappa shape index (κ3) is 4.50. The molecule has 0 aliphatic carbocycles. The SMILES string of the molecule is Cc1nc(CC2CCN(c3ccc(Cc4ccccc4)cc3)CC2)n[c]c1O. The molecule has 1 radical (unpaired) electrons. The molecule has 4 heteroatoms. The fraction of sp³-hybridized carbons (Fsp3) is 0.333. The number of aromatic hydroxyl groups is 1. The van der Waals surface area contributed by atoms with Crippen molar-refractivity contribution < 1.29 is 5.11 Å². The summed E-state index contributed by atoms with van der Waals surface area (Å²) in [5.74, 6) is 1.43. The van der Waals surface area contributed by atoms with E-state index in [2.05, 4.69) is 75.7 Å². The predicted octanol–water partition coefficient (Wildman–Crippen LogP) is 4.34. The molecule has 0 saturated carbocycles. The van der Waals surface area contributed by atoms with E-state index in [9.17, 15) is 5.11 Å². The van der Waals surface area contributed by atoms with Gasteiger partial charge in [-0.3, -0.25) is 0 Å². The first-order chi connectivity index (χ1) is 13.7. The summed E-state index contributed by atoms with van der Waals surface area (Å²) < 4.78 is 0. The average Bonchev–Trinajstić information content (AvgIpc) is 2.73. The first-order valence-corrected chi connectivity index (χ1v) is 9.99. The van der Waals surface area contributed by atoms with Crippen molar-refractivity contribution in [1.82, 2.24) is 9.97 Å². The topological polar surface area (TPSA) is 49.2 Å². The molecule has 0 unspecified atom stereocenters. The van der Waals surface area contributed by atoms with E-state index in [1.54, 1.807) is 6.92 Å². The van der Waals surface area contributed by atoms with Crippen molar-refractivity contribution in [3.05, 3.63) is 83.4 Å². The maximum absolute atomic E-state index is 9.53. The van der Waals surface area contributed by atoms with E-state index in [-0.39, 0.29) is 5.75 Å². The highest BCUT2D eigenvalue weighted by Crippen LogP contribution is 2.26. The molecule has 3 aromatic rings. The standard InChI is InChI=1S/C24H26N3O/c1-18-23(28)17-25-24(26-18)16-21-11-13-27(14-12-21)22-9-7-20(8-10-22)15-19-5-3-2-4-6-19/h2-10,21,28H,11-16H2,1H3. The quantitative estimate of drug-likeness (QED) is 0.724. The first-order valence-electron chi connectivity index (χ1n) is 9.99. The molecule has 0 amide bonds. The molecule has 1 aromatic heterocycles. The van der Waals surface area contributed by atoms with E-state index in [0.29, 0.717) is 11.6 Å². The van der Waals surface area contributed by atoms with Crippen molar-refractivity contribution in [3.8, 4) is 5.75 Å². The molecule has 0 atom stereocenters. The Morgan fingerprint density at radius 2 is 1.68 bits per heavy atom. The van der Waals surface area contributed by atoms with E-state index in [1.165, 1.54) is 16.8 Å². The number of piperidine rings is 1. The lowest BCUT2D eigenvalue weighted by Crippen LogP contribution is -2.34. The van der Waals surface area contributed by atoms with Crippen LogP contribution >= 0.6 is 0 Å². The summed E-state index contributed by atoms with van der Waals surface area (Å²) in [6.45, 7) is 3.91. The molecule has 2 heterocycles. The van der Waals surface area contributed by atoms with Crippen LogP contribution in [0.5, 0.6) is 5.75 Å². The number of hydrogen-bond acceptors (Lipinski definition) is 4. The van der Waals surface area contributed by atoms with Crippen molar-refractivity contribution in [3.63, 3.8) is 0 Å². The summed E-state index contributed by atoms with van der Waals surface area (Å²) in [5.41, 5.74) is 4.61. The minimum atomic E-state index is 0.0503. The van der Waals surface area contributed by atoms with E-state index in [4.69, 9.17) is 0 Å². The number of anilines is 1. The monoisotopic (exact) mass is 372 g/mol. The molecule has 143 valence electrons. The number of rotatable bonds is 5. The molecule has 4 nitrogen and oxygen atoms in total. The molecule has 1 aliphatic heterocycles. The van der Waals surface area contributed by atoms with Crippen LogP contribution in [0.2, 0.25) is 0 Å². The van der Waals surface area contributed by atoms with Gasteiger partial charge in [-0.15, -0.1) is 0 Å². The molecule has 2 aromatic carbocycles. The summed E-state index contributed by atoms with van der Waals surface area (Å²) >= 11 is 0. The van der Waals surface area contributed by atoms with Crippen LogP contribution < -0.4 is 4.90 Å². The van der Waals surface area contributed by atoms with E-state index in [0.717, 1.165) is 44.6 Å². The van der Waals surface area contributed by atoms with Gasteiger partial charge in [0, 0.05) is 25.2 Å².